The Balaban J connectivity index is 4.37. The summed E-state index contributed by atoms with van der Waals surface area (Å²) in [5.41, 5.74) is 5.77. The van der Waals surface area contributed by atoms with Crippen LogP contribution in [0.2, 0.25) is 0 Å². The molecule has 0 heterocycles. The minimum absolute atomic E-state index is 0.0817. The fraction of sp³-hybridized carbons (Fsp3) is 0.923. The summed E-state index contributed by atoms with van der Waals surface area (Å²) in [7, 11) is 2.05. The Morgan fingerprint density at radius 1 is 1.24 bits per heavy atom. The van der Waals surface area contributed by atoms with E-state index in [-0.39, 0.29) is 18.0 Å². The first-order valence-corrected chi connectivity index (χ1v) is 6.50. The molecule has 0 aliphatic rings. The smallest absolute Gasteiger partial charge is 0.221 e. The first-order chi connectivity index (χ1) is 7.79. The van der Waals surface area contributed by atoms with Crippen LogP contribution in [0.3, 0.4) is 0 Å². The number of nitrogens with two attached hydrogens (primary N) is 1. The summed E-state index contributed by atoms with van der Waals surface area (Å²) in [6.45, 7) is 11.0. The fourth-order valence-corrected chi connectivity index (χ4v) is 1.79. The molecule has 4 nitrogen and oxygen atoms in total. The lowest BCUT2D eigenvalue weighted by molar-refractivity contribution is -0.122. The standard InChI is InChI=1S/C13H29N3O/c1-9(2)11(5)16(6)12(8-14)7-13(17)15-10(3)4/h9-12H,7-8,14H2,1-6H3,(H,15,17). The average molecular weight is 243 g/mol. The van der Waals surface area contributed by atoms with E-state index < -0.39 is 0 Å². The monoisotopic (exact) mass is 243 g/mol. The van der Waals surface area contributed by atoms with Crippen molar-refractivity contribution in [2.24, 2.45) is 11.7 Å². The van der Waals surface area contributed by atoms with Gasteiger partial charge in [-0.1, -0.05) is 13.8 Å². The summed E-state index contributed by atoms with van der Waals surface area (Å²) in [6, 6.07) is 0.732. The maximum absolute atomic E-state index is 11.7. The van der Waals surface area contributed by atoms with Crippen molar-refractivity contribution in [1.29, 1.82) is 0 Å². The van der Waals surface area contributed by atoms with Gasteiger partial charge in [-0.3, -0.25) is 9.69 Å². The van der Waals surface area contributed by atoms with Crippen LogP contribution in [0.5, 0.6) is 0 Å². The van der Waals surface area contributed by atoms with E-state index in [0.29, 0.717) is 24.9 Å². The van der Waals surface area contributed by atoms with Gasteiger partial charge >= 0.3 is 0 Å². The van der Waals surface area contributed by atoms with Gasteiger partial charge in [-0.25, -0.2) is 0 Å². The summed E-state index contributed by atoms with van der Waals surface area (Å²) in [5.74, 6) is 0.639. The topological polar surface area (TPSA) is 58.4 Å². The summed E-state index contributed by atoms with van der Waals surface area (Å²) in [4.78, 5) is 13.9. The number of hydrogen-bond donors (Lipinski definition) is 2. The molecule has 0 aromatic rings. The van der Waals surface area contributed by atoms with Crippen LogP contribution in [-0.4, -0.2) is 42.5 Å². The van der Waals surface area contributed by atoms with Crippen LogP contribution < -0.4 is 11.1 Å². The highest BCUT2D eigenvalue weighted by molar-refractivity contribution is 5.76. The van der Waals surface area contributed by atoms with Crippen LogP contribution >= 0.6 is 0 Å². The van der Waals surface area contributed by atoms with Crippen molar-refractivity contribution in [1.82, 2.24) is 10.2 Å². The Labute approximate surface area is 106 Å². The highest BCUT2D eigenvalue weighted by Crippen LogP contribution is 2.13. The van der Waals surface area contributed by atoms with Gasteiger partial charge in [0.2, 0.25) is 5.91 Å². The molecule has 0 radical (unpaired) electrons. The maximum atomic E-state index is 11.7. The predicted octanol–water partition coefficient (Wildman–Crippen LogP) is 1.20. The van der Waals surface area contributed by atoms with E-state index in [2.05, 4.69) is 31.0 Å². The lowest BCUT2D eigenvalue weighted by Crippen LogP contribution is -2.48. The molecule has 17 heavy (non-hydrogen) atoms. The zero-order valence-electron chi connectivity index (χ0n) is 12.2. The Bertz CT molecular complexity index is 229. The zero-order chi connectivity index (χ0) is 13.6. The molecule has 2 unspecified atom stereocenters. The highest BCUT2D eigenvalue weighted by atomic mass is 16.1. The lowest BCUT2D eigenvalue weighted by Gasteiger charge is -2.34. The number of hydrogen-bond acceptors (Lipinski definition) is 3. The Kier molecular flexibility index (Phi) is 7.39. The number of rotatable bonds is 7. The molecule has 0 fully saturated rings. The van der Waals surface area contributed by atoms with Gasteiger partial charge in [-0.05, 0) is 33.7 Å². The van der Waals surface area contributed by atoms with E-state index in [1.165, 1.54) is 0 Å². The third-order valence-electron chi connectivity index (χ3n) is 3.33. The molecule has 0 rings (SSSR count). The second kappa shape index (κ2) is 7.67. The molecule has 0 bridgehead atoms. The van der Waals surface area contributed by atoms with Crippen molar-refractivity contribution in [3.63, 3.8) is 0 Å². The normalized spacial score (nSPS) is 15.4. The minimum atomic E-state index is 0.0817. The van der Waals surface area contributed by atoms with Crippen LogP contribution in [0, 0.1) is 5.92 Å². The van der Waals surface area contributed by atoms with Gasteiger partial charge in [0.1, 0.15) is 0 Å². The summed E-state index contributed by atoms with van der Waals surface area (Å²) >= 11 is 0. The molecule has 3 N–H and O–H groups in total. The molecule has 0 saturated heterocycles. The van der Waals surface area contributed by atoms with Gasteiger partial charge in [0.15, 0.2) is 0 Å². The molecule has 0 aliphatic carbocycles. The maximum Gasteiger partial charge on any atom is 0.221 e. The third kappa shape index (κ3) is 6.03. The van der Waals surface area contributed by atoms with Crippen molar-refractivity contribution >= 4 is 5.91 Å². The van der Waals surface area contributed by atoms with E-state index in [1.54, 1.807) is 0 Å². The largest absolute Gasteiger partial charge is 0.354 e. The van der Waals surface area contributed by atoms with Gasteiger partial charge in [-0.2, -0.15) is 0 Å². The molecule has 0 aromatic carbocycles. The van der Waals surface area contributed by atoms with Crippen molar-refractivity contribution in [3.8, 4) is 0 Å². The molecule has 0 aromatic heterocycles. The number of amides is 1. The van der Waals surface area contributed by atoms with Crippen LogP contribution in [-0.2, 0) is 4.79 Å². The van der Waals surface area contributed by atoms with Gasteiger partial charge in [0.05, 0.1) is 0 Å². The fourth-order valence-electron chi connectivity index (χ4n) is 1.79. The molecule has 1 amide bonds. The van der Waals surface area contributed by atoms with E-state index >= 15 is 0 Å². The molecule has 0 saturated carbocycles. The minimum Gasteiger partial charge on any atom is -0.354 e. The summed E-state index contributed by atoms with van der Waals surface area (Å²) in [6.07, 6.45) is 0.474. The molecule has 0 aliphatic heterocycles. The average Bonchev–Trinajstić information content (AvgIpc) is 2.22. The molecular weight excluding hydrogens is 214 g/mol. The molecule has 4 heteroatoms. The van der Waals surface area contributed by atoms with Crippen LogP contribution in [0.25, 0.3) is 0 Å². The second-order valence-corrected chi connectivity index (χ2v) is 5.47. The third-order valence-corrected chi connectivity index (χ3v) is 3.33. The first-order valence-electron chi connectivity index (χ1n) is 6.50. The van der Waals surface area contributed by atoms with Crippen molar-refractivity contribution in [2.45, 2.75) is 59.2 Å². The molecule has 0 spiro atoms. The second-order valence-electron chi connectivity index (χ2n) is 5.47. The van der Waals surface area contributed by atoms with E-state index in [1.807, 2.05) is 20.9 Å². The molecule has 102 valence electrons. The number of carbonyl (C=O) groups is 1. The van der Waals surface area contributed by atoms with E-state index in [0.717, 1.165) is 0 Å². The predicted molar refractivity (Wildman–Crippen MR) is 72.8 cm³/mol. The van der Waals surface area contributed by atoms with Gasteiger partial charge in [-0.15, -0.1) is 0 Å². The Morgan fingerprint density at radius 2 is 1.76 bits per heavy atom. The first kappa shape index (κ1) is 16.4. The summed E-state index contributed by atoms with van der Waals surface area (Å²) in [5, 5.41) is 2.91. The number of nitrogens with zero attached hydrogens (tertiary/aromatic N) is 1. The van der Waals surface area contributed by atoms with Crippen molar-refractivity contribution in [3.05, 3.63) is 0 Å². The zero-order valence-corrected chi connectivity index (χ0v) is 12.2. The van der Waals surface area contributed by atoms with Gasteiger partial charge < -0.3 is 11.1 Å². The van der Waals surface area contributed by atoms with Crippen LogP contribution in [0.4, 0.5) is 0 Å². The Morgan fingerprint density at radius 3 is 2.12 bits per heavy atom. The van der Waals surface area contributed by atoms with E-state index in [9.17, 15) is 4.79 Å². The number of nitrogens with one attached hydrogen (secondary N) is 1. The van der Waals surface area contributed by atoms with Crippen molar-refractivity contribution < 1.29 is 4.79 Å². The SMILES string of the molecule is CC(C)NC(=O)CC(CN)N(C)C(C)C(C)C. The Hall–Kier alpha value is -0.610. The molecular formula is C13H29N3O. The van der Waals surface area contributed by atoms with Gasteiger partial charge in [0.25, 0.3) is 0 Å². The number of likely N-dealkylation sites (N-methyl/N-ethyl adjacent to an activating group) is 1. The number of carbonyl (C=O) groups excluding carboxylic acids is 1. The lowest BCUT2D eigenvalue weighted by atomic mass is 10.0. The van der Waals surface area contributed by atoms with Crippen molar-refractivity contribution in [2.75, 3.05) is 13.6 Å². The van der Waals surface area contributed by atoms with E-state index in [4.69, 9.17) is 5.73 Å². The van der Waals surface area contributed by atoms with Crippen LogP contribution in [0.1, 0.15) is 41.0 Å². The van der Waals surface area contributed by atoms with Crippen LogP contribution in [0.15, 0.2) is 0 Å². The van der Waals surface area contributed by atoms with Gasteiger partial charge in [0, 0.05) is 31.1 Å². The quantitative estimate of drug-likeness (QED) is 0.706. The highest BCUT2D eigenvalue weighted by Gasteiger charge is 2.23. The molecule has 2 atom stereocenters. The summed E-state index contributed by atoms with van der Waals surface area (Å²) < 4.78 is 0.